The molecule has 1 aromatic heterocycles. The Morgan fingerprint density at radius 1 is 1.16 bits per heavy atom. The highest BCUT2D eigenvalue weighted by molar-refractivity contribution is 5.28. The number of rotatable bonds is 6. The van der Waals surface area contributed by atoms with Crippen molar-refractivity contribution in [2.75, 3.05) is 21.3 Å². The van der Waals surface area contributed by atoms with Gasteiger partial charge < -0.3 is 14.2 Å². The van der Waals surface area contributed by atoms with Gasteiger partial charge in [0.05, 0.1) is 19.3 Å². The summed E-state index contributed by atoms with van der Waals surface area (Å²) in [5.74, 6) is 0.834. The fourth-order valence-electron chi connectivity index (χ4n) is 1.96. The molecule has 0 bridgehead atoms. The van der Waals surface area contributed by atoms with Crippen molar-refractivity contribution in [2.45, 2.75) is 12.8 Å². The first-order chi connectivity index (χ1) is 9.28. The minimum atomic E-state index is -0.409. The van der Waals surface area contributed by atoms with E-state index < -0.39 is 6.29 Å². The molecule has 0 radical (unpaired) electrons. The van der Waals surface area contributed by atoms with E-state index in [2.05, 4.69) is 5.10 Å². The van der Waals surface area contributed by atoms with E-state index in [0.717, 1.165) is 17.0 Å². The van der Waals surface area contributed by atoms with Gasteiger partial charge in [-0.05, 0) is 23.8 Å². The molecule has 0 saturated heterocycles. The average molecular weight is 262 g/mol. The maximum Gasteiger partial charge on any atom is 0.200 e. The van der Waals surface area contributed by atoms with Gasteiger partial charge in [0.15, 0.2) is 6.29 Å². The molecule has 0 amide bonds. The summed E-state index contributed by atoms with van der Waals surface area (Å²) in [5.41, 5.74) is 1.99. The zero-order valence-electron chi connectivity index (χ0n) is 11.4. The fourth-order valence-corrected chi connectivity index (χ4v) is 1.96. The van der Waals surface area contributed by atoms with Gasteiger partial charge in [0.25, 0.3) is 0 Å². The molecule has 0 N–H and O–H groups in total. The minimum absolute atomic E-state index is 0.409. The normalized spacial score (nSPS) is 10.9. The molecule has 0 spiro atoms. The Morgan fingerprint density at radius 3 is 2.63 bits per heavy atom. The molecule has 2 aromatic rings. The summed E-state index contributed by atoms with van der Waals surface area (Å²) < 4.78 is 17.6. The summed E-state index contributed by atoms with van der Waals surface area (Å²) in [6.07, 6.45) is 1.33. The molecule has 2 rings (SSSR count). The van der Waals surface area contributed by atoms with Crippen LogP contribution in [0.2, 0.25) is 0 Å². The third-order valence-electron chi connectivity index (χ3n) is 2.89. The van der Waals surface area contributed by atoms with Crippen LogP contribution in [-0.4, -0.2) is 31.1 Å². The number of methoxy groups -OCH3 is 3. The third kappa shape index (κ3) is 3.13. The lowest BCUT2D eigenvalue weighted by atomic mass is 10.2. The molecule has 102 valence electrons. The summed E-state index contributed by atoms with van der Waals surface area (Å²) in [6.45, 7) is 0.642. The second kappa shape index (κ2) is 6.36. The van der Waals surface area contributed by atoms with Crippen LogP contribution >= 0.6 is 0 Å². The second-order valence-corrected chi connectivity index (χ2v) is 4.07. The molecule has 1 aromatic carbocycles. The van der Waals surface area contributed by atoms with Crippen LogP contribution < -0.4 is 4.74 Å². The quantitative estimate of drug-likeness (QED) is 0.749. The SMILES string of the molecule is COc1cccc(Cn2nccc2C(OC)OC)c1. The summed E-state index contributed by atoms with van der Waals surface area (Å²) in [6, 6.07) is 9.78. The number of hydrogen-bond donors (Lipinski definition) is 0. The van der Waals surface area contributed by atoms with Crippen molar-refractivity contribution in [1.29, 1.82) is 0 Å². The lowest BCUT2D eigenvalue weighted by Gasteiger charge is -2.15. The molecule has 5 heteroatoms. The van der Waals surface area contributed by atoms with Crippen molar-refractivity contribution < 1.29 is 14.2 Å². The van der Waals surface area contributed by atoms with Crippen LogP contribution in [0, 0.1) is 0 Å². The number of benzene rings is 1. The minimum Gasteiger partial charge on any atom is -0.497 e. The third-order valence-corrected chi connectivity index (χ3v) is 2.89. The van der Waals surface area contributed by atoms with Crippen molar-refractivity contribution in [1.82, 2.24) is 9.78 Å². The van der Waals surface area contributed by atoms with Crippen LogP contribution in [0.5, 0.6) is 5.75 Å². The molecule has 0 aliphatic carbocycles. The van der Waals surface area contributed by atoms with Crippen LogP contribution in [0.1, 0.15) is 17.5 Å². The lowest BCUT2D eigenvalue weighted by molar-refractivity contribution is -0.110. The molecule has 0 saturated carbocycles. The number of ether oxygens (including phenoxy) is 3. The van der Waals surface area contributed by atoms with Crippen molar-refractivity contribution in [3.05, 3.63) is 47.8 Å². The van der Waals surface area contributed by atoms with Crippen LogP contribution in [0.4, 0.5) is 0 Å². The first kappa shape index (κ1) is 13.6. The van der Waals surface area contributed by atoms with Gasteiger partial charge in [-0.2, -0.15) is 5.10 Å². The van der Waals surface area contributed by atoms with Crippen LogP contribution in [-0.2, 0) is 16.0 Å². The highest BCUT2D eigenvalue weighted by atomic mass is 16.7. The Morgan fingerprint density at radius 2 is 1.95 bits per heavy atom. The Labute approximate surface area is 112 Å². The molecular formula is C14H18N2O3. The van der Waals surface area contributed by atoms with Gasteiger partial charge in [0.1, 0.15) is 5.75 Å². The van der Waals surface area contributed by atoms with E-state index in [0.29, 0.717) is 6.54 Å². The van der Waals surface area contributed by atoms with Crippen LogP contribution in [0.15, 0.2) is 36.5 Å². The molecule has 1 heterocycles. The standard InChI is InChI=1S/C14H18N2O3/c1-17-12-6-4-5-11(9-12)10-16-13(7-8-15-16)14(18-2)19-3/h4-9,14H,10H2,1-3H3. The van der Waals surface area contributed by atoms with Crippen molar-refractivity contribution >= 4 is 0 Å². The molecule has 0 aliphatic rings. The molecule has 5 nitrogen and oxygen atoms in total. The molecular weight excluding hydrogens is 244 g/mol. The molecule has 0 atom stereocenters. The zero-order valence-corrected chi connectivity index (χ0v) is 11.4. The second-order valence-electron chi connectivity index (χ2n) is 4.07. The average Bonchev–Trinajstić information content (AvgIpc) is 2.89. The first-order valence-electron chi connectivity index (χ1n) is 5.98. The van der Waals surface area contributed by atoms with Crippen LogP contribution in [0.3, 0.4) is 0 Å². The van der Waals surface area contributed by atoms with E-state index in [-0.39, 0.29) is 0 Å². The summed E-state index contributed by atoms with van der Waals surface area (Å²) in [4.78, 5) is 0. The number of hydrogen-bond acceptors (Lipinski definition) is 4. The molecule has 0 unspecified atom stereocenters. The summed E-state index contributed by atoms with van der Waals surface area (Å²) >= 11 is 0. The molecule has 0 fully saturated rings. The molecule has 19 heavy (non-hydrogen) atoms. The van der Waals surface area contributed by atoms with Gasteiger partial charge in [-0.15, -0.1) is 0 Å². The Bertz CT molecular complexity index is 521. The Balaban J connectivity index is 2.21. The Hall–Kier alpha value is -1.85. The van der Waals surface area contributed by atoms with Crippen molar-refractivity contribution in [3.8, 4) is 5.75 Å². The van der Waals surface area contributed by atoms with Crippen LogP contribution in [0.25, 0.3) is 0 Å². The predicted octanol–water partition coefficient (Wildman–Crippen LogP) is 2.23. The van der Waals surface area contributed by atoms with Gasteiger partial charge in [0.2, 0.25) is 0 Å². The maximum atomic E-state index is 5.26. The van der Waals surface area contributed by atoms with E-state index in [4.69, 9.17) is 14.2 Å². The van der Waals surface area contributed by atoms with Gasteiger partial charge in [-0.1, -0.05) is 12.1 Å². The molecule has 0 aliphatic heterocycles. The van der Waals surface area contributed by atoms with Gasteiger partial charge >= 0.3 is 0 Å². The summed E-state index contributed by atoms with van der Waals surface area (Å²) in [7, 11) is 4.87. The topological polar surface area (TPSA) is 45.5 Å². The lowest BCUT2D eigenvalue weighted by Crippen LogP contribution is -2.13. The number of aromatic nitrogens is 2. The fraction of sp³-hybridized carbons (Fsp3) is 0.357. The Kier molecular flexibility index (Phi) is 4.54. The largest absolute Gasteiger partial charge is 0.497 e. The maximum absolute atomic E-state index is 5.26. The van der Waals surface area contributed by atoms with E-state index >= 15 is 0 Å². The summed E-state index contributed by atoms with van der Waals surface area (Å²) in [5, 5.41) is 4.30. The van der Waals surface area contributed by atoms with Crippen molar-refractivity contribution in [2.24, 2.45) is 0 Å². The van der Waals surface area contributed by atoms with E-state index in [1.807, 2.05) is 35.0 Å². The predicted molar refractivity (Wildman–Crippen MR) is 71.1 cm³/mol. The van der Waals surface area contributed by atoms with E-state index in [1.54, 1.807) is 27.5 Å². The van der Waals surface area contributed by atoms with E-state index in [9.17, 15) is 0 Å². The zero-order chi connectivity index (χ0) is 13.7. The highest BCUT2D eigenvalue weighted by Crippen LogP contribution is 2.19. The highest BCUT2D eigenvalue weighted by Gasteiger charge is 2.14. The monoisotopic (exact) mass is 262 g/mol. The number of nitrogens with zero attached hydrogens (tertiary/aromatic N) is 2. The van der Waals surface area contributed by atoms with Gasteiger partial charge in [-0.25, -0.2) is 0 Å². The smallest absolute Gasteiger partial charge is 0.200 e. The van der Waals surface area contributed by atoms with Gasteiger partial charge in [-0.3, -0.25) is 4.68 Å². The van der Waals surface area contributed by atoms with E-state index in [1.165, 1.54) is 0 Å². The first-order valence-corrected chi connectivity index (χ1v) is 5.98. The van der Waals surface area contributed by atoms with Crippen molar-refractivity contribution in [3.63, 3.8) is 0 Å². The van der Waals surface area contributed by atoms with Gasteiger partial charge in [0, 0.05) is 20.4 Å².